The molecule has 1 heterocycles. The SMILES string of the molecule is CCc1ccccc1NS(=O)(=O)c1cc(N2C(=O)CCC2=O)ccc1OC. The summed E-state index contributed by atoms with van der Waals surface area (Å²) in [6, 6.07) is 11.3. The molecule has 8 heteroatoms. The van der Waals surface area contributed by atoms with Crippen molar-refractivity contribution in [2.75, 3.05) is 16.7 Å². The summed E-state index contributed by atoms with van der Waals surface area (Å²) in [5.74, 6) is -0.574. The number of rotatable bonds is 6. The van der Waals surface area contributed by atoms with Crippen molar-refractivity contribution in [3.05, 3.63) is 48.0 Å². The fourth-order valence-corrected chi connectivity index (χ4v) is 4.30. The lowest BCUT2D eigenvalue weighted by molar-refractivity contribution is -0.121. The number of sulfonamides is 1. The molecule has 2 aromatic carbocycles. The Morgan fingerprint density at radius 3 is 2.37 bits per heavy atom. The first-order chi connectivity index (χ1) is 12.9. The van der Waals surface area contributed by atoms with Crippen molar-refractivity contribution in [3.8, 4) is 5.75 Å². The van der Waals surface area contributed by atoms with E-state index in [0.29, 0.717) is 12.1 Å². The molecular formula is C19H20N2O5S. The van der Waals surface area contributed by atoms with Gasteiger partial charge in [0.05, 0.1) is 18.5 Å². The molecule has 142 valence electrons. The first-order valence-corrected chi connectivity index (χ1v) is 10.00. The van der Waals surface area contributed by atoms with E-state index in [-0.39, 0.29) is 41.0 Å². The number of benzene rings is 2. The third-order valence-electron chi connectivity index (χ3n) is 4.39. The van der Waals surface area contributed by atoms with Crippen molar-refractivity contribution in [2.45, 2.75) is 31.1 Å². The third kappa shape index (κ3) is 3.66. The van der Waals surface area contributed by atoms with Crippen molar-refractivity contribution in [2.24, 2.45) is 0 Å². The third-order valence-corrected chi connectivity index (χ3v) is 5.78. The summed E-state index contributed by atoms with van der Waals surface area (Å²) >= 11 is 0. The van der Waals surface area contributed by atoms with E-state index in [1.807, 2.05) is 19.1 Å². The number of carbonyl (C=O) groups excluding carboxylic acids is 2. The van der Waals surface area contributed by atoms with Crippen LogP contribution in [0.5, 0.6) is 5.75 Å². The molecule has 0 aromatic heterocycles. The quantitative estimate of drug-likeness (QED) is 0.768. The number of amides is 2. The monoisotopic (exact) mass is 388 g/mol. The number of methoxy groups -OCH3 is 1. The Morgan fingerprint density at radius 1 is 1.07 bits per heavy atom. The molecule has 1 N–H and O–H groups in total. The van der Waals surface area contributed by atoms with Gasteiger partial charge in [0.25, 0.3) is 10.0 Å². The molecular weight excluding hydrogens is 368 g/mol. The lowest BCUT2D eigenvalue weighted by atomic mass is 10.1. The number of hydrogen-bond acceptors (Lipinski definition) is 5. The highest BCUT2D eigenvalue weighted by Gasteiger charge is 2.32. The molecule has 1 saturated heterocycles. The number of ether oxygens (including phenoxy) is 1. The standard InChI is InChI=1S/C19H20N2O5S/c1-3-13-6-4-5-7-15(13)20-27(24,25)17-12-14(8-9-16(17)26-2)21-18(22)10-11-19(21)23/h4-9,12,20H,3,10-11H2,1-2H3. The number of nitrogens with one attached hydrogen (secondary N) is 1. The molecule has 0 spiro atoms. The van der Waals surface area contributed by atoms with Gasteiger partial charge in [-0.2, -0.15) is 0 Å². The number of carbonyl (C=O) groups is 2. The van der Waals surface area contributed by atoms with E-state index in [1.54, 1.807) is 12.1 Å². The molecule has 0 atom stereocenters. The molecule has 3 rings (SSSR count). The van der Waals surface area contributed by atoms with Crippen molar-refractivity contribution in [1.82, 2.24) is 0 Å². The van der Waals surface area contributed by atoms with E-state index in [4.69, 9.17) is 4.74 Å². The van der Waals surface area contributed by atoms with Crippen LogP contribution in [0.3, 0.4) is 0 Å². The Hall–Kier alpha value is -2.87. The largest absolute Gasteiger partial charge is 0.495 e. The zero-order valence-corrected chi connectivity index (χ0v) is 15.9. The van der Waals surface area contributed by atoms with Crippen LogP contribution in [0.4, 0.5) is 11.4 Å². The van der Waals surface area contributed by atoms with Crippen LogP contribution in [-0.4, -0.2) is 27.3 Å². The van der Waals surface area contributed by atoms with Gasteiger partial charge in [-0.05, 0) is 36.2 Å². The molecule has 0 aliphatic carbocycles. The maximum atomic E-state index is 13.0. The van der Waals surface area contributed by atoms with E-state index in [0.717, 1.165) is 10.5 Å². The molecule has 0 saturated carbocycles. The van der Waals surface area contributed by atoms with E-state index >= 15 is 0 Å². The molecule has 2 amide bonds. The van der Waals surface area contributed by atoms with E-state index in [2.05, 4.69) is 4.72 Å². The molecule has 7 nitrogen and oxygen atoms in total. The molecule has 1 aliphatic rings. The van der Waals surface area contributed by atoms with E-state index in [1.165, 1.54) is 25.3 Å². The zero-order chi connectivity index (χ0) is 19.6. The van der Waals surface area contributed by atoms with Crippen LogP contribution in [0, 0.1) is 0 Å². The number of para-hydroxylation sites is 1. The molecule has 0 radical (unpaired) electrons. The summed E-state index contributed by atoms with van der Waals surface area (Å²) < 4.78 is 33.8. The minimum atomic E-state index is -4.00. The average Bonchev–Trinajstić information content (AvgIpc) is 2.99. The van der Waals surface area contributed by atoms with Gasteiger partial charge in [-0.3, -0.25) is 19.2 Å². The smallest absolute Gasteiger partial charge is 0.265 e. The summed E-state index contributed by atoms with van der Waals surface area (Å²) in [6.45, 7) is 1.93. The van der Waals surface area contributed by atoms with Crippen LogP contribution in [0.25, 0.3) is 0 Å². The predicted molar refractivity (Wildman–Crippen MR) is 101 cm³/mol. The first kappa shape index (κ1) is 18.9. The minimum Gasteiger partial charge on any atom is -0.495 e. The zero-order valence-electron chi connectivity index (χ0n) is 15.1. The second-order valence-corrected chi connectivity index (χ2v) is 7.73. The molecule has 2 aromatic rings. The molecule has 27 heavy (non-hydrogen) atoms. The lowest BCUT2D eigenvalue weighted by Crippen LogP contribution is -2.28. The molecule has 1 fully saturated rings. The first-order valence-electron chi connectivity index (χ1n) is 8.52. The fourth-order valence-electron chi connectivity index (χ4n) is 3.01. The number of anilines is 2. The Kier molecular flexibility index (Phi) is 5.18. The molecule has 1 aliphatic heterocycles. The van der Waals surface area contributed by atoms with Crippen molar-refractivity contribution >= 4 is 33.2 Å². The number of hydrogen-bond donors (Lipinski definition) is 1. The second-order valence-electron chi connectivity index (χ2n) is 6.07. The van der Waals surface area contributed by atoms with E-state index < -0.39 is 10.0 Å². The molecule has 0 unspecified atom stereocenters. The fraction of sp³-hybridized carbons (Fsp3) is 0.263. The average molecular weight is 388 g/mol. The van der Waals surface area contributed by atoms with Gasteiger partial charge in [0.2, 0.25) is 11.8 Å². The second kappa shape index (κ2) is 7.40. The Bertz CT molecular complexity index is 985. The van der Waals surface area contributed by atoms with Gasteiger partial charge in [0.15, 0.2) is 0 Å². The highest BCUT2D eigenvalue weighted by Crippen LogP contribution is 2.32. The van der Waals surface area contributed by atoms with Crippen molar-refractivity contribution < 1.29 is 22.7 Å². The number of nitrogens with zero attached hydrogens (tertiary/aromatic N) is 1. The normalized spacial score (nSPS) is 14.5. The van der Waals surface area contributed by atoms with Crippen LogP contribution in [0.15, 0.2) is 47.4 Å². The maximum Gasteiger partial charge on any atom is 0.265 e. The summed E-state index contributed by atoms with van der Waals surface area (Å²) in [6.07, 6.45) is 0.900. The van der Waals surface area contributed by atoms with Gasteiger partial charge in [0, 0.05) is 12.8 Å². The number of imide groups is 1. The van der Waals surface area contributed by atoms with Gasteiger partial charge < -0.3 is 4.74 Å². The van der Waals surface area contributed by atoms with Crippen molar-refractivity contribution in [1.29, 1.82) is 0 Å². The summed E-state index contributed by atoms with van der Waals surface area (Å²) in [5.41, 5.74) is 1.54. The Labute approximate surface area is 158 Å². The van der Waals surface area contributed by atoms with Gasteiger partial charge in [-0.1, -0.05) is 25.1 Å². The van der Waals surface area contributed by atoms with E-state index in [9.17, 15) is 18.0 Å². The molecule has 0 bridgehead atoms. The van der Waals surface area contributed by atoms with Gasteiger partial charge in [0.1, 0.15) is 10.6 Å². The lowest BCUT2D eigenvalue weighted by Gasteiger charge is -2.18. The Balaban J connectivity index is 2.04. The van der Waals surface area contributed by atoms with Gasteiger partial charge in [-0.15, -0.1) is 0 Å². The predicted octanol–water partition coefficient (Wildman–Crippen LogP) is 2.71. The van der Waals surface area contributed by atoms with Crippen LogP contribution in [-0.2, 0) is 26.0 Å². The highest BCUT2D eigenvalue weighted by atomic mass is 32.2. The van der Waals surface area contributed by atoms with Gasteiger partial charge in [-0.25, -0.2) is 8.42 Å². The van der Waals surface area contributed by atoms with Crippen LogP contribution >= 0.6 is 0 Å². The van der Waals surface area contributed by atoms with Gasteiger partial charge >= 0.3 is 0 Å². The summed E-state index contributed by atoms with van der Waals surface area (Å²) in [5, 5.41) is 0. The maximum absolute atomic E-state index is 13.0. The Morgan fingerprint density at radius 2 is 1.74 bits per heavy atom. The highest BCUT2D eigenvalue weighted by molar-refractivity contribution is 7.92. The van der Waals surface area contributed by atoms with Crippen LogP contribution in [0.1, 0.15) is 25.3 Å². The van der Waals surface area contributed by atoms with Crippen LogP contribution < -0.4 is 14.4 Å². The minimum absolute atomic E-state index is 0.120. The topological polar surface area (TPSA) is 92.8 Å². The number of aryl methyl sites for hydroxylation is 1. The summed E-state index contributed by atoms with van der Waals surface area (Å²) in [4.78, 5) is 24.8. The summed E-state index contributed by atoms with van der Waals surface area (Å²) in [7, 11) is -2.64. The van der Waals surface area contributed by atoms with Crippen molar-refractivity contribution in [3.63, 3.8) is 0 Å². The van der Waals surface area contributed by atoms with Crippen LogP contribution in [0.2, 0.25) is 0 Å².